The summed E-state index contributed by atoms with van der Waals surface area (Å²) < 4.78 is 0. The Kier molecular flexibility index (Phi) is 5.01. The molecule has 1 aliphatic carbocycles. The third-order valence-electron chi connectivity index (χ3n) is 4.61. The van der Waals surface area contributed by atoms with E-state index in [2.05, 4.69) is 10.2 Å². The molecular formula is C14H27N3O. The molecule has 0 radical (unpaired) electrons. The van der Waals surface area contributed by atoms with Gasteiger partial charge < -0.3 is 11.1 Å². The van der Waals surface area contributed by atoms with Crippen LogP contribution >= 0.6 is 0 Å². The summed E-state index contributed by atoms with van der Waals surface area (Å²) in [6.45, 7) is 4.85. The van der Waals surface area contributed by atoms with Gasteiger partial charge in [0.25, 0.3) is 0 Å². The van der Waals surface area contributed by atoms with E-state index in [4.69, 9.17) is 5.73 Å². The SMILES string of the molecule is CC(C(=O)NC1CCCC1)N1CCC(CN)CC1. The van der Waals surface area contributed by atoms with E-state index in [-0.39, 0.29) is 11.9 Å². The van der Waals surface area contributed by atoms with E-state index in [1.165, 1.54) is 12.8 Å². The van der Waals surface area contributed by atoms with Crippen molar-refractivity contribution in [1.29, 1.82) is 0 Å². The van der Waals surface area contributed by atoms with Crippen LogP contribution in [0.4, 0.5) is 0 Å². The van der Waals surface area contributed by atoms with E-state index in [1.807, 2.05) is 6.92 Å². The molecule has 1 unspecified atom stereocenters. The number of carbonyl (C=O) groups is 1. The average molecular weight is 253 g/mol. The Bertz CT molecular complexity index is 268. The lowest BCUT2D eigenvalue weighted by molar-refractivity contribution is -0.127. The summed E-state index contributed by atoms with van der Waals surface area (Å²) in [5, 5.41) is 3.20. The monoisotopic (exact) mass is 253 g/mol. The lowest BCUT2D eigenvalue weighted by atomic mass is 9.96. The number of rotatable bonds is 4. The second-order valence-corrected chi connectivity index (χ2v) is 5.88. The Morgan fingerprint density at radius 1 is 1.28 bits per heavy atom. The Labute approximate surface area is 110 Å². The summed E-state index contributed by atoms with van der Waals surface area (Å²) in [6.07, 6.45) is 7.12. The molecule has 1 aliphatic heterocycles. The van der Waals surface area contributed by atoms with E-state index in [0.29, 0.717) is 12.0 Å². The molecule has 104 valence electrons. The van der Waals surface area contributed by atoms with Gasteiger partial charge in [-0.05, 0) is 58.2 Å². The molecular weight excluding hydrogens is 226 g/mol. The Morgan fingerprint density at radius 3 is 2.44 bits per heavy atom. The van der Waals surface area contributed by atoms with Crippen LogP contribution < -0.4 is 11.1 Å². The zero-order valence-corrected chi connectivity index (χ0v) is 11.5. The molecule has 1 heterocycles. The maximum absolute atomic E-state index is 12.2. The molecule has 4 heteroatoms. The summed E-state index contributed by atoms with van der Waals surface area (Å²) >= 11 is 0. The zero-order valence-electron chi connectivity index (χ0n) is 11.5. The third-order valence-corrected chi connectivity index (χ3v) is 4.61. The van der Waals surface area contributed by atoms with Gasteiger partial charge in [0, 0.05) is 6.04 Å². The van der Waals surface area contributed by atoms with Gasteiger partial charge in [0.1, 0.15) is 0 Å². The molecule has 4 nitrogen and oxygen atoms in total. The number of piperidine rings is 1. The highest BCUT2D eigenvalue weighted by Gasteiger charge is 2.27. The van der Waals surface area contributed by atoms with Crippen molar-refractivity contribution in [2.24, 2.45) is 11.7 Å². The number of likely N-dealkylation sites (tertiary alicyclic amines) is 1. The number of carbonyl (C=O) groups excluding carboxylic acids is 1. The molecule has 0 aromatic heterocycles. The second kappa shape index (κ2) is 6.53. The molecule has 1 amide bonds. The number of nitrogens with one attached hydrogen (secondary N) is 1. The normalized spacial score (nSPS) is 25.2. The Morgan fingerprint density at radius 2 is 1.89 bits per heavy atom. The molecule has 2 fully saturated rings. The van der Waals surface area contributed by atoms with E-state index in [0.717, 1.165) is 45.3 Å². The molecule has 0 bridgehead atoms. The van der Waals surface area contributed by atoms with Gasteiger partial charge >= 0.3 is 0 Å². The molecule has 2 rings (SSSR count). The summed E-state index contributed by atoms with van der Waals surface area (Å²) in [6, 6.07) is 0.450. The average Bonchev–Trinajstić information content (AvgIpc) is 2.91. The highest BCUT2D eigenvalue weighted by molar-refractivity contribution is 5.81. The van der Waals surface area contributed by atoms with Gasteiger partial charge in [0.05, 0.1) is 6.04 Å². The standard InChI is InChI=1S/C14H27N3O/c1-11(14(18)16-13-4-2-3-5-13)17-8-6-12(10-15)7-9-17/h11-13H,2-10,15H2,1H3,(H,16,18). The molecule has 0 spiro atoms. The van der Waals surface area contributed by atoms with Gasteiger partial charge in [-0.3, -0.25) is 9.69 Å². The fourth-order valence-electron chi connectivity index (χ4n) is 3.13. The number of amides is 1. The fraction of sp³-hybridized carbons (Fsp3) is 0.929. The first-order valence-corrected chi connectivity index (χ1v) is 7.45. The van der Waals surface area contributed by atoms with Gasteiger partial charge in [0.2, 0.25) is 5.91 Å². The van der Waals surface area contributed by atoms with Crippen LogP contribution in [0, 0.1) is 5.92 Å². The zero-order chi connectivity index (χ0) is 13.0. The quantitative estimate of drug-likeness (QED) is 0.789. The fourth-order valence-corrected chi connectivity index (χ4v) is 3.13. The summed E-state index contributed by atoms with van der Waals surface area (Å²) in [4.78, 5) is 14.5. The van der Waals surface area contributed by atoms with Crippen molar-refractivity contribution in [2.45, 2.75) is 57.5 Å². The maximum Gasteiger partial charge on any atom is 0.237 e. The molecule has 0 aromatic carbocycles. The smallest absolute Gasteiger partial charge is 0.237 e. The topological polar surface area (TPSA) is 58.4 Å². The number of hydrogen-bond acceptors (Lipinski definition) is 3. The molecule has 1 saturated heterocycles. The molecule has 2 aliphatic rings. The van der Waals surface area contributed by atoms with Crippen molar-refractivity contribution >= 4 is 5.91 Å². The Hall–Kier alpha value is -0.610. The second-order valence-electron chi connectivity index (χ2n) is 5.88. The summed E-state index contributed by atoms with van der Waals surface area (Å²) in [7, 11) is 0. The summed E-state index contributed by atoms with van der Waals surface area (Å²) in [5.74, 6) is 0.874. The predicted octanol–water partition coefficient (Wildman–Crippen LogP) is 1.10. The maximum atomic E-state index is 12.2. The van der Waals surface area contributed by atoms with E-state index < -0.39 is 0 Å². The van der Waals surface area contributed by atoms with Crippen LogP contribution in [-0.2, 0) is 4.79 Å². The van der Waals surface area contributed by atoms with Crippen molar-refractivity contribution < 1.29 is 4.79 Å². The van der Waals surface area contributed by atoms with Crippen molar-refractivity contribution in [3.05, 3.63) is 0 Å². The van der Waals surface area contributed by atoms with Gasteiger partial charge in [-0.1, -0.05) is 12.8 Å². The van der Waals surface area contributed by atoms with Crippen LogP contribution in [0.25, 0.3) is 0 Å². The van der Waals surface area contributed by atoms with Crippen LogP contribution in [0.5, 0.6) is 0 Å². The predicted molar refractivity (Wildman–Crippen MR) is 73.2 cm³/mol. The first-order valence-electron chi connectivity index (χ1n) is 7.45. The minimum absolute atomic E-state index is 0.0179. The molecule has 3 N–H and O–H groups in total. The molecule has 1 saturated carbocycles. The summed E-state index contributed by atoms with van der Waals surface area (Å²) in [5.41, 5.74) is 5.70. The van der Waals surface area contributed by atoms with Gasteiger partial charge in [-0.15, -0.1) is 0 Å². The molecule has 0 aromatic rings. The number of nitrogens with zero attached hydrogens (tertiary/aromatic N) is 1. The van der Waals surface area contributed by atoms with Crippen molar-refractivity contribution in [3.8, 4) is 0 Å². The lowest BCUT2D eigenvalue weighted by Crippen LogP contribution is -2.50. The third kappa shape index (κ3) is 3.45. The highest BCUT2D eigenvalue weighted by atomic mass is 16.2. The van der Waals surface area contributed by atoms with Crippen molar-refractivity contribution in [3.63, 3.8) is 0 Å². The first-order chi connectivity index (χ1) is 8.70. The highest BCUT2D eigenvalue weighted by Crippen LogP contribution is 2.20. The van der Waals surface area contributed by atoms with Crippen molar-refractivity contribution in [1.82, 2.24) is 10.2 Å². The lowest BCUT2D eigenvalue weighted by Gasteiger charge is -2.35. The van der Waals surface area contributed by atoms with Crippen LogP contribution in [0.2, 0.25) is 0 Å². The minimum Gasteiger partial charge on any atom is -0.352 e. The van der Waals surface area contributed by atoms with Gasteiger partial charge in [-0.2, -0.15) is 0 Å². The Balaban J connectivity index is 1.76. The number of nitrogens with two attached hydrogens (primary N) is 1. The van der Waals surface area contributed by atoms with Crippen LogP contribution in [0.1, 0.15) is 45.4 Å². The van der Waals surface area contributed by atoms with E-state index in [1.54, 1.807) is 0 Å². The minimum atomic E-state index is 0.0179. The van der Waals surface area contributed by atoms with Crippen LogP contribution in [-0.4, -0.2) is 42.5 Å². The van der Waals surface area contributed by atoms with Crippen molar-refractivity contribution in [2.75, 3.05) is 19.6 Å². The van der Waals surface area contributed by atoms with Crippen LogP contribution in [0.15, 0.2) is 0 Å². The largest absolute Gasteiger partial charge is 0.352 e. The van der Waals surface area contributed by atoms with Crippen LogP contribution in [0.3, 0.4) is 0 Å². The van der Waals surface area contributed by atoms with E-state index >= 15 is 0 Å². The van der Waals surface area contributed by atoms with Gasteiger partial charge in [-0.25, -0.2) is 0 Å². The van der Waals surface area contributed by atoms with E-state index in [9.17, 15) is 4.79 Å². The molecule has 1 atom stereocenters. The molecule has 18 heavy (non-hydrogen) atoms. The van der Waals surface area contributed by atoms with Gasteiger partial charge in [0.15, 0.2) is 0 Å². The number of hydrogen-bond donors (Lipinski definition) is 2. The first kappa shape index (κ1) is 13.8.